The number of nitrogens with zero attached hydrogens (tertiary/aromatic N) is 2. The number of fused-ring (bicyclic) bond motifs is 6. The summed E-state index contributed by atoms with van der Waals surface area (Å²) in [6.45, 7) is 0. The third-order valence-corrected chi connectivity index (χ3v) is 12.3. The Bertz CT molecular complexity index is 3100. The van der Waals surface area contributed by atoms with E-state index >= 15 is 0 Å². The van der Waals surface area contributed by atoms with Crippen LogP contribution in [0.15, 0.2) is 164 Å². The Labute approximate surface area is 326 Å². The van der Waals surface area contributed by atoms with E-state index < -0.39 is 0 Å². The first-order chi connectivity index (χ1) is 26.9. The van der Waals surface area contributed by atoms with E-state index in [-0.39, 0.29) is 0 Å². The third kappa shape index (κ3) is 5.17. The Morgan fingerprint density at radius 1 is 0.309 bits per heavy atom. The van der Waals surface area contributed by atoms with Crippen molar-refractivity contribution in [1.82, 2.24) is 9.13 Å². The van der Waals surface area contributed by atoms with Gasteiger partial charge in [-0.15, -0.1) is 16.4 Å². The highest BCUT2D eigenvalue weighted by molar-refractivity contribution is 6.69. The zero-order valence-corrected chi connectivity index (χ0v) is 32.0. The van der Waals surface area contributed by atoms with Crippen LogP contribution in [-0.4, -0.2) is 48.4 Å². The van der Waals surface area contributed by atoms with Gasteiger partial charge >= 0.3 is 0 Å². The van der Waals surface area contributed by atoms with E-state index in [1.807, 2.05) is 0 Å². The van der Waals surface area contributed by atoms with Gasteiger partial charge in [-0.1, -0.05) is 114 Å². The van der Waals surface area contributed by atoms with Gasteiger partial charge < -0.3 is 9.13 Å². The highest BCUT2D eigenvalue weighted by Gasteiger charge is 2.21. The minimum atomic E-state index is 1.16. The number of rotatable bonds is 5. The Kier molecular flexibility index (Phi) is 7.82. The molecule has 0 N–H and O–H groups in total. The smallest absolute Gasteiger partial charge is 0.139 e. The summed E-state index contributed by atoms with van der Waals surface area (Å²) < 4.78 is 4.85. The maximum absolute atomic E-state index is 2.44. The first-order valence-electron chi connectivity index (χ1n) is 19.3. The maximum atomic E-state index is 2.44. The van der Waals surface area contributed by atoms with Crippen LogP contribution in [0.3, 0.4) is 0 Å². The molecule has 0 bridgehead atoms. The van der Waals surface area contributed by atoms with Gasteiger partial charge in [0.05, 0.1) is 22.1 Å². The SMILES string of the molecule is Bc1c(B)c(B)c(-c2cccc3c2c2cc(-c4ccc5c(c4)c4ccccc4n5-c4ccc(-c5ccccc5)cc4)ccc2n3-c2ccccc2)c(B)c1B. The number of hydrogen-bond acceptors (Lipinski definition) is 0. The van der Waals surface area contributed by atoms with Gasteiger partial charge in [-0.25, -0.2) is 0 Å². The molecule has 0 radical (unpaired) electrons. The van der Waals surface area contributed by atoms with Crippen molar-refractivity contribution in [3.05, 3.63) is 164 Å². The molecule has 0 aliphatic heterocycles. The Hall–Kier alpha value is -6.32. The van der Waals surface area contributed by atoms with E-state index in [0.29, 0.717) is 0 Å². The molecule has 10 rings (SSSR count). The summed E-state index contributed by atoms with van der Waals surface area (Å²) in [5.41, 5.74) is 21.6. The van der Waals surface area contributed by atoms with Crippen LogP contribution in [0.4, 0.5) is 0 Å². The van der Waals surface area contributed by atoms with Crippen LogP contribution in [0, 0.1) is 0 Å². The number of aromatic nitrogens is 2. The molecule has 0 saturated heterocycles. The average Bonchev–Trinajstić information content (AvgIpc) is 3.75. The minimum Gasteiger partial charge on any atom is -0.309 e. The lowest BCUT2D eigenvalue weighted by atomic mass is 9.59. The molecule has 254 valence electrons. The fourth-order valence-electron chi connectivity index (χ4n) is 9.08. The summed E-state index contributed by atoms with van der Waals surface area (Å²) in [5, 5.41) is 5.08. The minimum absolute atomic E-state index is 1.16. The number of para-hydroxylation sites is 2. The molecule has 0 fully saturated rings. The van der Waals surface area contributed by atoms with E-state index in [1.54, 1.807) is 0 Å². The Balaban J connectivity index is 1.19. The van der Waals surface area contributed by atoms with Crippen molar-refractivity contribution >= 4 is 110 Å². The topological polar surface area (TPSA) is 9.86 Å². The van der Waals surface area contributed by atoms with Crippen molar-refractivity contribution in [3.63, 3.8) is 0 Å². The molecule has 0 aliphatic carbocycles. The molecule has 0 saturated carbocycles. The van der Waals surface area contributed by atoms with Crippen molar-refractivity contribution in [3.8, 4) is 44.8 Å². The average molecular weight is 696 g/mol. The second-order valence-electron chi connectivity index (χ2n) is 15.1. The summed E-state index contributed by atoms with van der Waals surface area (Å²) in [5.74, 6) is 0. The molecule has 10 aromatic rings. The quantitative estimate of drug-likeness (QED) is 0.240. The summed E-state index contributed by atoms with van der Waals surface area (Å²) in [6, 6.07) is 60.1. The zero-order chi connectivity index (χ0) is 37.4. The van der Waals surface area contributed by atoms with Crippen molar-refractivity contribution in [2.75, 3.05) is 0 Å². The van der Waals surface area contributed by atoms with Crippen LogP contribution in [0.5, 0.6) is 0 Å². The fourth-order valence-corrected chi connectivity index (χ4v) is 9.08. The molecule has 0 amide bonds. The van der Waals surface area contributed by atoms with Gasteiger partial charge in [0, 0.05) is 32.9 Å². The van der Waals surface area contributed by atoms with Gasteiger partial charge in [0.15, 0.2) is 0 Å². The van der Waals surface area contributed by atoms with Gasteiger partial charge in [-0.2, -0.15) is 0 Å². The van der Waals surface area contributed by atoms with Crippen LogP contribution in [0.2, 0.25) is 0 Å². The molecule has 7 heteroatoms. The molecular weight excluding hydrogens is 659 g/mol. The summed E-state index contributed by atoms with van der Waals surface area (Å²) >= 11 is 0. The van der Waals surface area contributed by atoms with Gasteiger partial charge in [-0.05, 0) is 94.0 Å². The van der Waals surface area contributed by atoms with Crippen LogP contribution in [-0.2, 0) is 0 Å². The summed E-state index contributed by atoms with van der Waals surface area (Å²) in [7, 11) is 11.4. The Morgan fingerprint density at radius 2 is 0.782 bits per heavy atom. The first-order valence-corrected chi connectivity index (χ1v) is 19.3. The van der Waals surface area contributed by atoms with Gasteiger partial charge in [0.2, 0.25) is 0 Å². The largest absolute Gasteiger partial charge is 0.309 e. The van der Waals surface area contributed by atoms with E-state index in [1.165, 1.54) is 110 Å². The molecule has 55 heavy (non-hydrogen) atoms. The summed E-state index contributed by atoms with van der Waals surface area (Å²) in [4.78, 5) is 0. The highest BCUT2D eigenvalue weighted by atomic mass is 15.0. The van der Waals surface area contributed by atoms with Crippen molar-refractivity contribution < 1.29 is 0 Å². The second kappa shape index (κ2) is 12.9. The van der Waals surface area contributed by atoms with Crippen molar-refractivity contribution in [2.24, 2.45) is 0 Å². The Morgan fingerprint density at radius 3 is 1.47 bits per heavy atom. The number of hydrogen-bond donors (Lipinski definition) is 0. The fraction of sp³-hybridized carbons (Fsp3) is 0. The molecular formula is C48H37B5N2. The molecule has 0 atom stereocenters. The van der Waals surface area contributed by atoms with E-state index in [9.17, 15) is 0 Å². The normalized spacial score (nSPS) is 11.6. The van der Waals surface area contributed by atoms with Crippen molar-refractivity contribution in [2.45, 2.75) is 0 Å². The lowest BCUT2D eigenvalue weighted by Crippen LogP contribution is -2.55. The van der Waals surface area contributed by atoms with E-state index in [0.717, 1.165) is 5.69 Å². The second-order valence-corrected chi connectivity index (χ2v) is 15.1. The van der Waals surface area contributed by atoms with Crippen LogP contribution >= 0.6 is 0 Å². The van der Waals surface area contributed by atoms with Crippen molar-refractivity contribution in [1.29, 1.82) is 0 Å². The molecule has 8 aromatic carbocycles. The van der Waals surface area contributed by atoms with Gasteiger partial charge in [0.1, 0.15) is 39.2 Å². The first kappa shape index (κ1) is 33.3. The zero-order valence-electron chi connectivity index (χ0n) is 32.0. The molecule has 2 nitrogen and oxygen atoms in total. The molecule has 2 aromatic heterocycles. The maximum Gasteiger partial charge on any atom is 0.139 e. The van der Waals surface area contributed by atoms with Crippen LogP contribution in [0.1, 0.15) is 0 Å². The lowest BCUT2D eigenvalue weighted by Gasteiger charge is -2.21. The predicted octanol–water partition coefficient (Wildman–Crippen LogP) is 4.17. The van der Waals surface area contributed by atoms with Gasteiger partial charge in [-0.3, -0.25) is 0 Å². The van der Waals surface area contributed by atoms with Crippen LogP contribution < -0.4 is 27.3 Å². The molecule has 2 heterocycles. The molecule has 0 unspecified atom stereocenters. The van der Waals surface area contributed by atoms with E-state index in [4.69, 9.17) is 0 Å². The van der Waals surface area contributed by atoms with Crippen LogP contribution in [0.25, 0.3) is 88.4 Å². The highest BCUT2D eigenvalue weighted by Crippen LogP contribution is 2.41. The molecule has 0 spiro atoms. The lowest BCUT2D eigenvalue weighted by molar-refractivity contribution is 1.18. The summed E-state index contributed by atoms with van der Waals surface area (Å²) in [6.07, 6.45) is 0. The third-order valence-electron chi connectivity index (χ3n) is 12.3. The molecule has 0 aliphatic rings. The monoisotopic (exact) mass is 696 g/mol. The van der Waals surface area contributed by atoms with Gasteiger partial charge in [0.25, 0.3) is 0 Å². The predicted molar refractivity (Wildman–Crippen MR) is 252 cm³/mol. The van der Waals surface area contributed by atoms with E-state index in [2.05, 4.69) is 212 Å². The standard InChI is InChI=1S/C48H37B5N2/c49-44-43(45(50)47(52)48(53)46(44)51)35-15-9-17-41-42(35)37-27-31(21-25-40(37)55(41)32-12-5-2-6-13-32)30-20-24-39-36(26-30)34-14-7-8-16-38(34)54(39)33-22-18-29(19-23-33)28-10-3-1-4-11-28/h1-27H,49-53H2. The number of benzene rings is 8.